The van der Waals surface area contributed by atoms with Crippen molar-refractivity contribution in [1.29, 1.82) is 0 Å². The van der Waals surface area contributed by atoms with Crippen LogP contribution < -0.4 is 5.32 Å². The molecular formula is C16H23Cl2N5O. The van der Waals surface area contributed by atoms with Crippen LogP contribution in [-0.2, 0) is 17.9 Å². The number of nitrogens with zero attached hydrogens (tertiary/aromatic N) is 4. The molecule has 2 rings (SSSR count). The molecule has 132 valence electrons. The average Bonchev–Trinajstić information content (AvgIpc) is 2.94. The Hall–Kier alpha value is -1.53. The Labute approximate surface area is 152 Å². The van der Waals surface area contributed by atoms with E-state index >= 15 is 0 Å². The zero-order valence-corrected chi connectivity index (χ0v) is 16.0. The van der Waals surface area contributed by atoms with Gasteiger partial charge >= 0.3 is 0 Å². The Morgan fingerprint density at radius 1 is 0.958 bits per heavy atom. The van der Waals surface area contributed by atoms with Crippen LogP contribution >= 0.6 is 23.2 Å². The molecule has 0 aliphatic heterocycles. The first-order valence-corrected chi connectivity index (χ1v) is 8.72. The molecule has 0 unspecified atom stereocenters. The lowest BCUT2D eigenvalue weighted by Crippen LogP contribution is -2.26. The van der Waals surface area contributed by atoms with Gasteiger partial charge in [0.15, 0.2) is 0 Å². The van der Waals surface area contributed by atoms with E-state index in [1.165, 1.54) is 0 Å². The summed E-state index contributed by atoms with van der Waals surface area (Å²) in [4.78, 5) is 11.9. The van der Waals surface area contributed by atoms with Crippen molar-refractivity contribution in [3.63, 3.8) is 0 Å². The van der Waals surface area contributed by atoms with Gasteiger partial charge < -0.3 is 5.32 Å². The van der Waals surface area contributed by atoms with E-state index in [9.17, 15) is 4.79 Å². The van der Waals surface area contributed by atoms with E-state index in [0.29, 0.717) is 29.6 Å². The molecule has 8 heteroatoms. The van der Waals surface area contributed by atoms with E-state index in [0.717, 1.165) is 35.7 Å². The van der Waals surface area contributed by atoms with Crippen molar-refractivity contribution < 1.29 is 4.79 Å². The van der Waals surface area contributed by atoms with Crippen LogP contribution in [0, 0.1) is 27.7 Å². The summed E-state index contributed by atoms with van der Waals surface area (Å²) >= 11 is 12.2. The Morgan fingerprint density at radius 2 is 1.46 bits per heavy atom. The number of amides is 1. The van der Waals surface area contributed by atoms with E-state index in [4.69, 9.17) is 23.2 Å². The minimum Gasteiger partial charge on any atom is -0.356 e. The van der Waals surface area contributed by atoms with E-state index < -0.39 is 0 Å². The number of carbonyl (C=O) groups is 1. The summed E-state index contributed by atoms with van der Waals surface area (Å²) in [5.41, 5.74) is 3.48. The van der Waals surface area contributed by atoms with E-state index in [1.807, 2.05) is 32.4 Å². The third-order valence-corrected chi connectivity index (χ3v) is 5.10. The van der Waals surface area contributed by atoms with Crippen LogP contribution in [0.2, 0.25) is 10.0 Å². The van der Waals surface area contributed by atoms with Crippen molar-refractivity contribution in [3.8, 4) is 0 Å². The van der Waals surface area contributed by atoms with Gasteiger partial charge in [-0.15, -0.1) is 0 Å². The van der Waals surface area contributed by atoms with Crippen molar-refractivity contribution in [1.82, 2.24) is 24.9 Å². The predicted molar refractivity (Wildman–Crippen MR) is 95.7 cm³/mol. The Morgan fingerprint density at radius 3 is 1.92 bits per heavy atom. The largest absolute Gasteiger partial charge is 0.356 e. The number of aryl methyl sites for hydroxylation is 4. The minimum absolute atomic E-state index is 0.00470. The lowest BCUT2D eigenvalue weighted by Gasteiger charge is -2.08. The zero-order chi connectivity index (χ0) is 17.9. The summed E-state index contributed by atoms with van der Waals surface area (Å²) in [5, 5.41) is 13.0. The summed E-state index contributed by atoms with van der Waals surface area (Å²) in [6.45, 7) is 9.45. The number of aromatic nitrogens is 4. The van der Waals surface area contributed by atoms with Crippen molar-refractivity contribution in [2.75, 3.05) is 6.54 Å². The fourth-order valence-corrected chi connectivity index (χ4v) is 2.81. The van der Waals surface area contributed by atoms with Gasteiger partial charge in [-0.25, -0.2) is 0 Å². The van der Waals surface area contributed by atoms with E-state index in [2.05, 4.69) is 15.5 Å². The summed E-state index contributed by atoms with van der Waals surface area (Å²) < 4.78 is 3.65. The molecule has 0 spiro atoms. The second kappa shape index (κ2) is 8.03. The lowest BCUT2D eigenvalue weighted by molar-refractivity contribution is -0.121. The van der Waals surface area contributed by atoms with Crippen LogP contribution in [0.3, 0.4) is 0 Å². The van der Waals surface area contributed by atoms with Gasteiger partial charge in [-0.05, 0) is 34.1 Å². The molecule has 0 aromatic carbocycles. The smallest absolute Gasteiger partial charge is 0.221 e. The van der Waals surface area contributed by atoms with Crippen LogP contribution in [0.1, 0.15) is 35.6 Å². The number of nitrogens with one attached hydrogen (secondary N) is 1. The highest BCUT2D eigenvalue weighted by atomic mass is 35.5. The predicted octanol–water partition coefficient (Wildman–Crippen LogP) is 3.22. The molecular weight excluding hydrogens is 349 g/mol. The quantitative estimate of drug-likeness (QED) is 0.759. The zero-order valence-electron chi connectivity index (χ0n) is 14.5. The molecule has 0 aliphatic rings. The first-order chi connectivity index (χ1) is 11.3. The molecule has 1 amide bonds. The molecule has 0 radical (unpaired) electrons. The maximum absolute atomic E-state index is 11.9. The molecule has 6 nitrogen and oxygen atoms in total. The first-order valence-electron chi connectivity index (χ1n) is 7.97. The number of rotatable bonds is 7. The van der Waals surface area contributed by atoms with Crippen LogP contribution in [0.5, 0.6) is 0 Å². The van der Waals surface area contributed by atoms with Crippen LogP contribution in [0.25, 0.3) is 0 Å². The molecule has 2 heterocycles. The van der Waals surface area contributed by atoms with Gasteiger partial charge in [0.2, 0.25) is 5.91 Å². The third-order valence-electron chi connectivity index (χ3n) is 4.01. The van der Waals surface area contributed by atoms with Crippen molar-refractivity contribution in [2.24, 2.45) is 0 Å². The third kappa shape index (κ3) is 4.30. The standard InChI is InChI=1S/C16H23Cl2N5O/c1-10-15(17)12(3)22(20-10)8-5-7-19-14(24)6-9-23-13(4)16(18)11(2)21-23/h5-9H2,1-4H3,(H,19,24). The molecule has 0 saturated heterocycles. The van der Waals surface area contributed by atoms with Crippen LogP contribution in [0.15, 0.2) is 0 Å². The first kappa shape index (κ1) is 18.8. The van der Waals surface area contributed by atoms with E-state index in [-0.39, 0.29) is 5.91 Å². The van der Waals surface area contributed by atoms with Crippen molar-refractivity contribution >= 4 is 29.1 Å². The normalized spacial score (nSPS) is 11.1. The average molecular weight is 372 g/mol. The molecule has 24 heavy (non-hydrogen) atoms. The van der Waals surface area contributed by atoms with Gasteiger partial charge in [0.25, 0.3) is 0 Å². The van der Waals surface area contributed by atoms with Gasteiger partial charge in [-0.2, -0.15) is 10.2 Å². The second-order valence-electron chi connectivity index (χ2n) is 5.87. The van der Waals surface area contributed by atoms with Crippen molar-refractivity contribution in [2.45, 2.75) is 53.6 Å². The summed E-state index contributed by atoms with van der Waals surface area (Å²) in [5.74, 6) is 0.00470. The van der Waals surface area contributed by atoms with Crippen molar-refractivity contribution in [3.05, 3.63) is 32.8 Å². The fourth-order valence-electron chi connectivity index (χ4n) is 2.54. The number of carbonyl (C=O) groups excluding carboxylic acids is 1. The number of hydrogen-bond acceptors (Lipinski definition) is 3. The molecule has 0 fully saturated rings. The summed E-state index contributed by atoms with van der Waals surface area (Å²) in [6, 6.07) is 0. The molecule has 0 aliphatic carbocycles. The fraction of sp³-hybridized carbons (Fsp3) is 0.562. The second-order valence-corrected chi connectivity index (χ2v) is 6.63. The molecule has 0 saturated carbocycles. The van der Waals surface area contributed by atoms with E-state index in [1.54, 1.807) is 4.68 Å². The van der Waals surface area contributed by atoms with Gasteiger partial charge in [-0.3, -0.25) is 14.2 Å². The van der Waals surface area contributed by atoms with Crippen LogP contribution in [0.4, 0.5) is 0 Å². The monoisotopic (exact) mass is 371 g/mol. The molecule has 2 aromatic rings. The highest BCUT2D eigenvalue weighted by molar-refractivity contribution is 6.32. The molecule has 2 aromatic heterocycles. The molecule has 0 atom stereocenters. The highest BCUT2D eigenvalue weighted by Gasteiger charge is 2.11. The minimum atomic E-state index is 0.00470. The van der Waals surface area contributed by atoms with Gasteiger partial charge in [0.1, 0.15) is 0 Å². The maximum Gasteiger partial charge on any atom is 0.221 e. The summed E-state index contributed by atoms with van der Waals surface area (Å²) in [6.07, 6.45) is 1.18. The van der Waals surface area contributed by atoms with Gasteiger partial charge in [0.05, 0.1) is 39.4 Å². The topological polar surface area (TPSA) is 64.7 Å². The molecule has 1 N–H and O–H groups in total. The Kier molecular flexibility index (Phi) is 6.29. The lowest BCUT2D eigenvalue weighted by atomic mass is 10.3. The number of hydrogen-bond donors (Lipinski definition) is 1. The van der Waals surface area contributed by atoms with Gasteiger partial charge in [-0.1, -0.05) is 23.2 Å². The Balaban J connectivity index is 1.71. The summed E-state index contributed by atoms with van der Waals surface area (Å²) in [7, 11) is 0. The maximum atomic E-state index is 11.9. The molecule has 0 bridgehead atoms. The Bertz CT molecular complexity index is 735. The SMILES string of the molecule is Cc1nn(CCCNC(=O)CCn2nc(C)c(Cl)c2C)c(C)c1Cl. The van der Waals surface area contributed by atoms with Gasteiger partial charge in [0, 0.05) is 19.5 Å². The number of halogens is 2. The van der Waals surface area contributed by atoms with Crippen LogP contribution in [-0.4, -0.2) is 32.0 Å². The highest BCUT2D eigenvalue weighted by Crippen LogP contribution is 2.19.